The molecule has 0 amide bonds. The normalized spacial score (nSPS) is 31.2. The lowest BCUT2D eigenvalue weighted by molar-refractivity contribution is 0.0888. The van der Waals surface area contributed by atoms with Crippen LogP contribution in [0.5, 0.6) is 5.75 Å². The van der Waals surface area contributed by atoms with E-state index in [0.717, 1.165) is 12.2 Å². The molecule has 0 spiro atoms. The van der Waals surface area contributed by atoms with E-state index in [1.54, 1.807) is 0 Å². The largest absolute Gasteiger partial charge is 0.521 e. The first-order valence-corrected chi connectivity index (χ1v) is 7.57. The van der Waals surface area contributed by atoms with Crippen LogP contribution in [0.25, 0.3) is 0 Å². The fourth-order valence-electron chi connectivity index (χ4n) is 1.31. The summed E-state index contributed by atoms with van der Waals surface area (Å²) in [7, 11) is -2.45. The van der Waals surface area contributed by atoms with Crippen LogP contribution >= 0.6 is 19.4 Å². The predicted molar refractivity (Wildman–Crippen MR) is 64.1 cm³/mol. The molecule has 0 aromatic heterocycles. The van der Waals surface area contributed by atoms with Crippen LogP contribution in [0.1, 0.15) is 13.3 Å². The summed E-state index contributed by atoms with van der Waals surface area (Å²) in [5, 5.41) is 0. The van der Waals surface area contributed by atoms with E-state index < -0.39 is 7.15 Å². The van der Waals surface area contributed by atoms with Crippen molar-refractivity contribution in [3.05, 3.63) is 30.3 Å². The Morgan fingerprint density at radius 3 is 2.80 bits per heavy atom. The van der Waals surface area contributed by atoms with Crippen LogP contribution < -0.4 is 4.52 Å². The van der Waals surface area contributed by atoms with E-state index in [0.29, 0.717) is 6.61 Å². The molecule has 2 unspecified atom stereocenters. The van der Waals surface area contributed by atoms with Crippen molar-refractivity contribution in [2.75, 3.05) is 6.61 Å². The molecule has 1 aliphatic heterocycles. The smallest absolute Gasteiger partial charge is 0.275 e. The number of para-hydroxylation sites is 1. The van der Waals surface area contributed by atoms with Crippen LogP contribution in [0.15, 0.2) is 30.3 Å². The van der Waals surface area contributed by atoms with Gasteiger partial charge in [-0.25, -0.2) is 0 Å². The van der Waals surface area contributed by atoms with Crippen molar-refractivity contribution >= 4 is 19.4 Å². The second-order valence-corrected chi connectivity index (χ2v) is 6.47. The van der Waals surface area contributed by atoms with Gasteiger partial charge in [0, 0.05) is 6.42 Å². The maximum atomic E-state index is 5.64. The van der Waals surface area contributed by atoms with Crippen molar-refractivity contribution < 1.29 is 13.6 Å². The molecule has 1 saturated heterocycles. The molecule has 0 N–H and O–H groups in total. The van der Waals surface area contributed by atoms with Crippen LogP contribution in [0, 0.1) is 0 Å². The summed E-state index contributed by atoms with van der Waals surface area (Å²) < 4.78 is 16.7. The average molecular weight is 245 g/mol. The van der Waals surface area contributed by atoms with E-state index in [-0.39, 0.29) is 6.10 Å². The summed E-state index contributed by atoms with van der Waals surface area (Å²) in [6.45, 7) is 2.65. The molecule has 1 fully saturated rings. The van der Waals surface area contributed by atoms with Gasteiger partial charge in [0.05, 0.1) is 0 Å². The van der Waals surface area contributed by atoms with E-state index in [1.165, 1.54) is 0 Å². The number of benzene rings is 1. The minimum atomic E-state index is -2.45. The van der Waals surface area contributed by atoms with E-state index in [9.17, 15) is 0 Å². The van der Waals surface area contributed by atoms with E-state index in [4.69, 9.17) is 13.6 Å². The molecular formula is C10H14O3PS+. The van der Waals surface area contributed by atoms with Gasteiger partial charge in [-0.1, -0.05) is 18.2 Å². The number of thiol groups is 1. The molecule has 1 aliphatic rings. The maximum absolute atomic E-state index is 5.64. The molecule has 1 aromatic carbocycles. The molecule has 3 nitrogen and oxygen atoms in total. The summed E-state index contributed by atoms with van der Waals surface area (Å²) in [6, 6.07) is 9.47. The summed E-state index contributed by atoms with van der Waals surface area (Å²) in [5.41, 5.74) is 0. The number of rotatable bonds is 2. The van der Waals surface area contributed by atoms with Crippen LogP contribution in [-0.2, 0) is 9.05 Å². The van der Waals surface area contributed by atoms with E-state index >= 15 is 0 Å². The highest BCUT2D eigenvalue weighted by Gasteiger charge is 2.48. The Kier molecular flexibility index (Phi) is 3.52. The van der Waals surface area contributed by atoms with E-state index in [2.05, 4.69) is 12.2 Å². The molecule has 15 heavy (non-hydrogen) atoms. The highest BCUT2D eigenvalue weighted by molar-refractivity contribution is 8.47. The third-order valence-corrected chi connectivity index (χ3v) is 4.51. The summed E-state index contributed by atoms with van der Waals surface area (Å²) >= 11 is 4.37. The molecule has 0 radical (unpaired) electrons. The zero-order valence-corrected chi connectivity index (χ0v) is 10.3. The average Bonchev–Trinajstić information content (AvgIpc) is 2.18. The van der Waals surface area contributed by atoms with Crippen molar-refractivity contribution in [1.82, 2.24) is 0 Å². The second-order valence-electron chi connectivity index (χ2n) is 3.41. The topological polar surface area (TPSA) is 27.7 Å². The summed E-state index contributed by atoms with van der Waals surface area (Å²) in [5.74, 6) is 0.731. The predicted octanol–water partition coefficient (Wildman–Crippen LogP) is 3.50. The van der Waals surface area contributed by atoms with Crippen LogP contribution in [-0.4, -0.2) is 12.7 Å². The van der Waals surface area contributed by atoms with Gasteiger partial charge < -0.3 is 0 Å². The highest BCUT2D eigenvalue weighted by Crippen LogP contribution is 2.68. The van der Waals surface area contributed by atoms with Gasteiger partial charge in [-0.05, 0) is 19.1 Å². The van der Waals surface area contributed by atoms with Gasteiger partial charge >= 0.3 is 7.15 Å². The van der Waals surface area contributed by atoms with Gasteiger partial charge in [0.2, 0.25) is 0 Å². The Morgan fingerprint density at radius 2 is 2.13 bits per heavy atom. The summed E-state index contributed by atoms with van der Waals surface area (Å²) in [4.78, 5) is 0. The van der Waals surface area contributed by atoms with Crippen molar-refractivity contribution in [2.45, 2.75) is 19.4 Å². The summed E-state index contributed by atoms with van der Waals surface area (Å²) in [6.07, 6.45) is 1.04. The second kappa shape index (κ2) is 4.71. The first kappa shape index (κ1) is 11.2. The monoisotopic (exact) mass is 245 g/mol. The Labute approximate surface area is 95.5 Å². The first-order chi connectivity index (χ1) is 7.18. The standard InChI is InChI=1S/C10H14O3PS/c1-9-7-8-11-14(15,12-9)13-10-5-3-2-4-6-10/h2-6,9,15H,7-8H2,1H3/q+1. The van der Waals surface area contributed by atoms with Crippen molar-refractivity contribution in [2.24, 2.45) is 0 Å². The lowest BCUT2D eigenvalue weighted by Gasteiger charge is -2.24. The molecule has 2 atom stereocenters. The van der Waals surface area contributed by atoms with Crippen molar-refractivity contribution in [3.63, 3.8) is 0 Å². The SMILES string of the molecule is CC1CCO[P+](S)(Oc2ccccc2)O1. The first-order valence-electron chi connectivity index (χ1n) is 4.87. The van der Waals surface area contributed by atoms with Crippen molar-refractivity contribution in [3.8, 4) is 5.75 Å². The molecule has 1 heterocycles. The molecule has 2 rings (SSSR count). The van der Waals surface area contributed by atoms with E-state index in [1.807, 2.05) is 37.3 Å². The van der Waals surface area contributed by atoms with Crippen LogP contribution in [0.4, 0.5) is 0 Å². The number of hydrogen-bond donors (Lipinski definition) is 1. The molecule has 0 bridgehead atoms. The highest BCUT2D eigenvalue weighted by atomic mass is 32.7. The zero-order chi connectivity index (χ0) is 10.7. The minimum Gasteiger partial charge on any atom is -0.275 e. The fraction of sp³-hybridized carbons (Fsp3) is 0.400. The number of hydrogen-bond acceptors (Lipinski definition) is 4. The quantitative estimate of drug-likeness (QED) is 0.638. The third kappa shape index (κ3) is 3.08. The van der Waals surface area contributed by atoms with Gasteiger partial charge in [0.1, 0.15) is 25.0 Å². The fourth-order valence-corrected chi connectivity index (χ4v) is 3.76. The van der Waals surface area contributed by atoms with Crippen LogP contribution in [0.2, 0.25) is 0 Å². The van der Waals surface area contributed by atoms with Crippen molar-refractivity contribution in [1.29, 1.82) is 0 Å². The molecular weight excluding hydrogens is 231 g/mol. The van der Waals surface area contributed by atoms with Gasteiger partial charge in [-0.15, -0.1) is 0 Å². The van der Waals surface area contributed by atoms with Gasteiger partial charge in [0.15, 0.2) is 5.75 Å². The molecule has 0 aliphatic carbocycles. The maximum Gasteiger partial charge on any atom is 0.521 e. The Morgan fingerprint density at radius 1 is 1.40 bits per heavy atom. The molecule has 5 heteroatoms. The molecule has 0 saturated carbocycles. The van der Waals surface area contributed by atoms with Gasteiger partial charge in [-0.2, -0.15) is 9.05 Å². The lowest BCUT2D eigenvalue weighted by atomic mass is 10.3. The molecule has 82 valence electrons. The Bertz CT molecular complexity index is 322. The zero-order valence-electron chi connectivity index (χ0n) is 8.50. The van der Waals surface area contributed by atoms with Gasteiger partial charge in [0.25, 0.3) is 0 Å². The molecule has 1 aromatic rings. The minimum absolute atomic E-state index is 0.147. The Balaban J connectivity index is 2.04. The Hall–Kier alpha value is -0.280. The lowest BCUT2D eigenvalue weighted by Crippen LogP contribution is -2.20. The third-order valence-electron chi connectivity index (χ3n) is 2.06. The van der Waals surface area contributed by atoms with Crippen LogP contribution in [0.3, 0.4) is 0 Å². The van der Waals surface area contributed by atoms with Gasteiger partial charge in [-0.3, -0.25) is 4.52 Å².